The van der Waals surface area contributed by atoms with Gasteiger partial charge in [0.25, 0.3) is 11.1 Å². The van der Waals surface area contributed by atoms with Crippen molar-refractivity contribution in [2.75, 3.05) is 12.0 Å². The third-order valence-electron chi connectivity index (χ3n) is 3.51. The molecule has 0 aromatic heterocycles. The highest BCUT2D eigenvalue weighted by Crippen LogP contribution is 2.36. The Balaban J connectivity index is 1.95. The van der Waals surface area contributed by atoms with Gasteiger partial charge in [-0.25, -0.2) is 4.90 Å². The third-order valence-corrected chi connectivity index (χ3v) is 4.38. The standard InChI is InChI=1S/C18H15NO3S/c1-12-7-9-14(10-8-12)19-17(20)16(23-18(19)21)11-13-5-3-4-6-15(13)22-2/h3-11H,1-2H3/b16-11-. The largest absolute Gasteiger partial charge is 0.496 e. The maximum Gasteiger partial charge on any atom is 0.298 e. The van der Waals surface area contributed by atoms with E-state index in [-0.39, 0.29) is 11.1 Å². The van der Waals surface area contributed by atoms with E-state index >= 15 is 0 Å². The Hall–Kier alpha value is -2.53. The van der Waals surface area contributed by atoms with Gasteiger partial charge in [0.2, 0.25) is 0 Å². The average Bonchev–Trinajstić information content (AvgIpc) is 2.83. The van der Waals surface area contributed by atoms with Crippen molar-refractivity contribution in [2.45, 2.75) is 6.92 Å². The number of aryl methyl sites for hydroxylation is 1. The van der Waals surface area contributed by atoms with E-state index < -0.39 is 0 Å². The Kier molecular flexibility index (Phi) is 4.21. The lowest BCUT2D eigenvalue weighted by Gasteiger charge is -2.12. The number of benzene rings is 2. The molecule has 1 fully saturated rings. The molecule has 1 aliphatic rings. The molecule has 116 valence electrons. The van der Waals surface area contributed by atoms with Gasteiger partial charge in [-0.3, -0.25) is 9.59 Å². The predicted octanol–water partition coefficient (Wildman–Crippen LogP) is 4.24. The fraction of sp³-hybridized carbons (Fsp3) is 0.111. The topological polar surface area (TPSA) is 46.6 Å². The SMILES string of the molecule is COc1ccccc1/C=C1\SC(=O)N(c2ccc(C)cc2)C1=O. The van der Waals surface area contributed by atoms with Gasteiger partial charge in [0.05, 0.1) is 17.7 Å². The summed E-state index contributed by atoms with van der Waals surface area (Å²) in [6.07, 6.45) is 1.69. The van der Waals surface area contributed by atoms with E-state index in [1.807, 2.05) is 43.3 Å². The van der Waals surface area contributed by atoms with Gasteiger partial charge in [0.15, 0.2) is 0 Å². The lowest BCUT2D eigenvalue weighted by atomic mass is 10.1. The Morgan fingerprint density at radius 3 is 2.43 bits per heavy atom. The maximum absolute atomic E-state index is 12.6. The molecule has 0 N–H and O–H groups in total. The Morgan fingerprint density at radius 2 is 1.74 bits per heavy atom. The second kappa shape index (κ2) is 6.30. The highest BCUT2D eigenvalue weighted by Gasteiger charge is 2.36. The second-order valence-corrected chi connectivity index (χ2v) is 6.09. The van der Waals surface area contributed by atoms with Gasteiger partial charge in [-0.15, -0.1) is 0 Å². The molecule has 0 bridgehead atoms. The van der Waals surface area contributed by atoms with Gasteiger partial charge in [-0.05, 0) is 43.0 Å². The Bertz CT molecular complexity index is 796. The number of ether oxygens (including phenoxy) is 1. The quantitative estimate of drug-likeness (QED) is 0.792. The molecule has 0 radical (unpaired) electrons. The summed E-state index contributed by atoms with van der Waals surface area (Å²) in [6, 6.07) is 14.7. The van der Waals surface area contributed by atoms with Crippen LogP contribution in [0.15, 0.2) is 53.4 Å². The average molecular weight is 325 g/mol. The molecule has 0 unspecified atom stereocenters. The monoisotopic (exact) mass is 325 g/mol. The van der Waals surface area contributed by atoms with Gasteiger partial charge in [-0.1, -0.05) is 35.9 Å². The first-order valence-corrected chi connectivity index (χ1v) is 7.89. The van der Waals surface area contributed by atoms with Crippen LogP contribution in [0.25, 0.3) is 6.08 Å². The molecule has 3 rings (SSSR count). The van der Waals surface area contributed by atoms with Gasteiger partial charge >= 0.3 is 0 Å². The van der Waals surface area contributed by atoms with Crippen molar-refractivity contribution in [1.29, 1.82) is 0 Å². The number of para-hydroxylation sites is 1. The molecule has 5 heteroatoms. The summed E-state index contributed by atoms with van der Waals surface area (Å²) in [4.78, 5) is 26.4. The minimum Gasteiger partial charge on any atom is -0.496 e. The molecular formula is C18H15NO3S. The number of imide groups is 1. The second-order valence-electron chi connectivity index (χ2n) is 5.09. The highest BCUT2D eigenvalue weighted by molar-refractivity contribution is 8.19. The number of rotatable bonds is 3. The number of anilines is 1. The van der Waals surface area contributed by atoms with Gasteiger partial charge in [0.1, 0.15) is 5.75 Å². The number of hydrogen-bond donors (Lipinski definition) is 0. The number of carbonyl (C=O) groups excluding carboxylic acids is 2. The van der Waals surface area contributed by atoms with E-state index in [0.717, 1.165) is 22.9 Å². The molecule has 1 heterocycles. The fourth-order valence-corrected chi connectivity index (χ4v) is 3.14. The van der Waals surface area contributed by atoms with E-state index in [0.29, 0.717) is 16.3 Å². The molecule has 2 amide bonds. The van der Waals surface area contributed by atoms with E-state index in [4.69, 9.17) is 4.74 Å². The zero-order valence-electron chi connectivity index (χ0n) is 12.8. The van der Waals surface area contributed by atoms with Crippen molar-refractivity contribution >= 4 is 34.7 Å². The van der Waals surface area contributed by atoms with Crippen LogP contribution in [0.2, 0.25) is 0 Å². The summed E-state index contributed by atoms with van der Waals surface area (Å²) in [5.74, 6) is 0.351. The van der Waals surface area contributed by atoms with E-state index in [1.54, 1.807) is 25.3 Å². The summed E-state index contributed by atoms with van der Waals surface area (Å²) < 4.78 is 5.28. The van der Waals surface area contributed by atoms with E-state index in [1.165, 1.54) is 4.90 Å². The zero-order valence-corrected chi connectivity index (χ0v) is 13.6. The first-order valence-electron chi connectivity index (χ1n) is 7.08. The van der Waals surface area contributed by atoms with Crippen molar-refractivity contribution in [1.82, 2.24) is 0 Å². The summed E-state index contributed by atoms with van der Waals surface area (Å²) >= 11 is 0.938. The molecule has 0 aliphatic carbocycles. The molecule has 23 heavy (non-hydrogen) atoms. The van der Waals surface area contributed by atoms with Crippen LogP contribution >= 0.6 is 11.8 Å². The van der Waals surface area contributed by atoms with Gasteiger partial charge in [0, 0.05) is 5.56 Å². The van der Waals surface area contributed by atoms with Crippen LogP contribution in [-0.4, -0.2) is 18.3 Å². The number of amides is 2. The normalized spacial score (nSPS) is 16.3. The molecule has 4 nitrogen and oxygen atoms in total. The molecule has 1 aliphatic heterocycles. The molecule has 2 aromatic rings. The summed E-state index contributed by atoms with van der Waals surface area (Å²) in [7, 11) is 1.57. The first-order chi connectivity index (χ1) is 11.1. The lowest BCUT2D eigenvalue weighted by Crippen LogP contribution is -2.27. The van der Waals surface area contributed by atoms with Crippen LogP contribution < -0.4 is 9.64 Å². The first kappa shape index (κ1) is 15.4. The number of carbonyl (C=O) groups is 2. The van der Waals surface area contributed by atoms with Crippen molar-refractivity contribution in [2.24, 2.45) is 0 Å². The van der Waals surface area contributed by atoms with E-state index in [9.17, 15) is 9.59 Å². The van der Waals surface area contributed by atoms with Gasteiger partial charge < -0.3 is 4.74 Å². The Morgan fingerprint density at radius 1 is 1.04 bits per heavy atom. The summed E-state index contributed by atoms with van der Waals surface area (Å²) in [5, 5.41) is -0.292. The minimum absolute atomic E-state index is 0.292. The third kappa shape index (κ3) is 3.00. The van der Waals surface area contributed by atoms with Crippen molar-refractivity contribution in [3.63, 3.8) is 0 Å². The molecule has 0 spiro atoms. The maximum atomic E-state index is 12.6. The molecular weight excluding hydrogens is 310 g/mol. The predicted molar refractivity (Wildman–Crippen MR) is 92.6 cm³/mol. The number of hydrogen-bond acceptors (Lipinski definition) is 4. The molecule has 0 saturated carbocycles. The molecule has 2 aromatic carbocycles. The summed E-state index contributed by atoms with van der Waals surface area (Å²) in [5.41, 5.74) is 2.43. The van der Waals surface area contributed by atoms with Crippen molar-refractivity contribution in [3.8, 4) is 5.75 Å². The summed E-state index contributed by atoms with van der Waals surface area (Å²) in [6.45, 7) is 1.96. The van der Waals surface area contributed by atoms with Crippen LogP contribution in [0.5, 0.6) is 5.75 Å². The lowest BCUT2D eigenvalue weighted by molar-refractivity contribution is -0.113. The van der Waals surface area contributed by atoms with Crippen LogP contribution in [0, 0.1) is 6.92 Å². The fourth-order valence-electron chi connectivity index (χ4n) is 2.31. The van der Waals surface area contributed by atoms with Crippen LogP contribution in [0.4, 0.5) is 10.5 Å². The minimum atomic E-state index is -0.310. The zero-order chi connectivity index (χ0) is 16.4. The van der Waals surface area contributed by atoms with E-state index in [2.05, 4.69) is 0 Å². The van der Waals surface area contributed by atoms with Crippen molar-refractivity contribution < 1.29 is 14.3 Å². The smallest absolute Gasteiger partial charge is 0.298 e. The molecule has 0 atom stereocenters. The van der Waals surface area contributed by atoms with Gasteiger partial charge in [-0.2, -0.15) is 0 Å². The number of nitrogens with zero attached hydrogens (tertiary/aromatic N) is 1. The number of methoxy groups -OCH3 is 1. The van der Waals surface area contributed by atoms with Crippen LogP contribution in [-0.2, 0) is 4.79 Å². The highest BCUT2D eigenvalue weighted by atomic mass is 32.2. The van der Waals surface area contributed by atoms with Crippen LogP contribution in [0.3, 0.4) is 0 Å². The van der Waals surface area contributed by atoms with Crippen molar-refractivity contribution in [3.05, 3.63) is 64.6 Å². The Labute approximate surface area is 138 Å². The molecule has 1 saturated heterocycles. The van der Waals surface area contributed by atoms with Crippen LogP contribution in [0.1, 0.15) is 11.1 Å². The number of thioether (sulfide) groups is 1.